The monoisotopic (exact) mass is 513 g/mol. The molecule has 0 saturated carbocycles. The zero-order valence-corrected chi connectivity index (χ0v) is 19.1. The maximum absolute atomic E-state index is 11.8. The summed E-state index contributed by atoms with van der Waals surface area (Å²) in [7, 11) is 0. The van der Waals surface area contributed by atoms with Crippen LogP contribution < -0.4 is 5.32 Å². The fourth-order valence-electron chi connectivity index (χ4n) is 3.20. The average Bonchev–Trinajstić information content (AvgIpc) is 3.21. The number of aromatic nitrogens is 4. The van der Waals surface area contributed by atoms with Crippen LogP contribution in [0.4, 0.5) is 5.95 Å². The second kappa shape index (κ2) is 9.56. The largest absolute Gasteiger partial charge is 0.463 e. The molecule has 2 aromatic heterocycles. The van der Waals surface area contributed by atoms with Gasteiger partial charge < -0.3 is 18.9 Å². The molecule has 0 aliphatic carbocycles. The van der Waals surface area contributed by atoms with Crippen LogP contribution in [0, 0.1) is 0 Å². The molecule has 172 valence electrons. The Balaban J connectivity index is 2.06. The van der Waals surface area contributed by atoms with Gasteiger partial charge in [-0.3, -0.25) is 29.1 Å². The molecule has 3 heterocycles. The fourth-order valence-corrected chi connectivity index (χ4v) is 3.65. The van der Waals surface area contributed by atoms with Crippen molar-refractivity contribution in [3.8, 4) is 0 Å². The quantitative estimate of drug-likeness (QED) is 0.331. The zero-order valence-electron chi connectivity index (χ0n) is 17.5. The lowest BCUT2D eigenvalue weighted by molar-refractivity contribution is -0.166. The normalized spacial score (nSPS) is 22.4. The molecule has 0 aromatic carbocycles. The third-order valence-electron chi connectivity index (χ3n) is 4.28. The summed E-state index contributed by atoms with van der Waals surface area (Å²) in [5.74, 6) is -2.22. The van der Waals surface area contributed by atoms with Gasteiger partial charge in [-0.1, -0.05) is 0 Å². The maximum Gasteiger partial charge on any atom is 0.303 e. The zero-order chi connectivity index (χ0) is 23.6. The third kappa shape index (κ3) is 5.19. The fraction of sp³-hybridized carbons (Fsp3) is 0.500. The standard InChI is InChI=1S/C18H20BrN5O8/c1-7(25)21-18-22-15(19)12-16(23-18)24(6-20-12)17-14(31-10(4)28)13(30-9(3)27)11(32-17)5-29-8(2)26/h6,11,13-14,17H,5H2,1-4H3,(H,21,22,23,25)/t11-,13-,14-,17-/m1/s1. The van der Waals surface area contributed by atoms with Gasteiger partial charge in [0.25, 0.3) is 0 Å². The Kier molecular flexibility index (Phi) is 7.03. The van der Waals surface area contributed by atoms with Crippen molar-refractivity contribution in [2.45, 2.75) is 52.2 Å². The van der Waals surface area contributed by atoms with Crippen LogP contribution in [-0.2, 0) is 38.1 Å². The average molecular weight is 514 g/mol. The second-order valence-electron chi connectivity index (χ2n) is 6.86. The van der Waals surface area contributed by atoms with E-state index in [0.717, 1.165) is 0 Å². The lowest BCUT2D eigenvalue weighted by Crippen LogP contribution is -2.40. The van der Waals surface area contributed by atoms with Crippen LogP contribution >= 0.6 is 15.9 Å². The van der Waals surface area contributed by atoms with Crippen LogP contribution in [-0.4, -0.2) is 68.3 Å². The molecule has 14 heteroatoms. The van der Waals surface area contributed by atoms with Crippen LogP contribution in [0.25, 0.3) is 11.2 Å². The van der Waals surface area contributed by atoms with E-state index >= 15 is 0 Å². The number of anilines is 1. The van der Waals surface area contributed by atoms with E-state index < -0.39 is 42.4 Å². The summed E-state index contributed by atoms with van der Waals surface area (Å²) < 4.78 is 23.5. The first-order valence-electron chi connectivity index (χ1n) is 9.37. The Morgan fingerprint density at radius 3 is 2.31 bits per heavy atom. The van der Waals surface area contributed by atoms with Gasteiger partial charge in [0.15, 0.2) is 24.1 Å². The lowest BCUT2D eigenvalue weighted by atomic mass is 10.1. The molecule has 1 aliphatic rings. The molecule has 3 rings (SSSR count). The third-order valence-corrected chi connectivity index (χ3v) is 4.83. The number of imidazole rings is 1. The number of nitrogens with zero attached hydrogens (tertiary/aromatic N) is 4. The summed E-state index contributed by atoms with van der Waals surface area (Å²) in [4.78, 5) is 58.9. The van der Waals surface area contributed by atoms with Gasteiger partial charge in [0.2, 0.25) is 11.9 Å². The molecule has 1 amide bonds. The number of amides is 1. The van der Waals surface area contributed by atoms with Crippen LogP contribution in [0.15, 0.2) is 10.9 Å². The van der Waals surface area contributed by atoms with Gasteiger partial charge in [0.05, 0.1) is 6.33 Å². The van der Waals surface area contributed by atoms with E-state index in [1.54, 1.807) is 0 Å². The minimum atomic E-state index is -1.10. The van der Waals surface area contributed by atoms with E-state index in [2.05, 4.69) is 36.2 Å². The van der Waals surface area contributed by atoms with Gasteiger partial charge in [-0.05, 0) is 15.9 Å². The number of hydrogen-bond donors (Lipinski definition) is 1. The Bertz CT molecular complexity index is 1070. The molecule has 0 spiro atoms. The first kappa shape index (κ1) is 23.5. The Hall–Kier alpha value is -3.13. The number of nitrogens with one attached hydrogen (secondary N) is 1. The lowest BCUT2D eigenvalue weighted by Gasteiger charge is -2.23. The number of carbonyl (C=O) groups is 4. The molecule has 1 saturated heterocycles. The van der Waals surface area contributed by atoms with Crippen molar-refractivity contribution >= 4 is 56.9 Å². The van der Waals surface area contributed by atoms with Crippen molar-refractivity contribution < 1.29 is 38.1 Å². The highest BCUT2D eigenvalue weighted by Crippen LogP contribution is 2.36. The number of carbonyl (C=O) groups excluding carboxylic acids is 4. The van der Waals surface area contributed by atoms with E-state index in [1.807, 2.05) is 0 Å². The SMILES string of the molecule is CC(=O)Nc1nc(Br)c2ncn([C@@H]3O[C@H](COC(C)=O)[C@@H](OC(C)=O)[C@H]3OC(C)=O)c2n1. The molecule has 2 aromatic rings. The Labute approximate surface area is 189 Å². The second-order valence-corrected chi connectivity index (χ2v) is 7.61. The molecular formula is C18H20BrN5O8. The van der Waals surface area contributed by atoms with Gasteiger partial charge in [0, 0.05) is 27.7 Å². The molecule has 1 fully saturated rings. The number of fused-ring (bicyclic) bond motifs is 1. The van der Waals surface area contributed by atoms with Gasteiger partial charge in [-0.2, -0.15) is 4.98 Å². The Morgan fingerprint density at radius 2 is 1.72 bits per heavy atom. The van der Waals surface area contributed by atoms with Gasteiger partial charge in [-0.15, -0.1) is 0 Å². The van der Waals surface area contributed by atoms with Crippen molar-refractivity contribution in [2.24, 2.45) is 0 Å². The number of rotatable bonds is 6. The molecule has 0 radical (unpaired) electrons. The van der Waals surface area contributed by atoms with E-state index in [1.165, 1.54) is 38.6 Å². The first-order valence-corrected chi connectivity index (χ1v) is 10.2. The number of ether oxygens (including phenoxy) is 4. The van der Waals surface area contributed by atoms with Crippen molar-refractivity contribution in [3.63, 3.8) is 0 Å². The first-order chi connectivity index (χ1) is 15.1. The highest BCUT2D eigenvalue weighted by molar-refractivity contribution is 9.10. The molecule has 1 N–H and O–H groups in total. The van der Waals surface area contributed by atoms with Gasteiger partial charge in [0.1, 0.15) is 22.8 Å². The number of halogens is 1. The maximum atomic E-state index is 11.8. The van der Waals surface area contributed by atoms with E-state index in [0.29, 0.717) is 10.1 Å². The molecule has 32 heavy (non-hydrogen) atoms. The summed E-state index contributed by atoms with van der Waals surface area (Å²) in [6, 6.07) is 0. The van der Waals surface area contributed by atoms with E-state index in [4.69, 9.17) is 18.9 Å². The number of esters is 3. The summed E-state index contributed by atoms with van der Waals surface area (Å²) in [6.45, 7) is 4.67. The molecule has 0 bridgehead atoms. The van der Waals surface area contributed by atoms with Crippen LogP contribution in [0.1, 0.15) is 33.9 Å². The minimum Gasteiger partial charge on any atom is -0.463 e. The molecule has 13 nitrogen and oxygen atoms in total. The minimum absolute atomic E-state index is 0.00802. The smallest absolute Gasteiger partial charge is 0.303 e. The molecule has 0 unspecified atom stereocenters. The Morgan fingerprint density at radius 1 is 1.06 bits per heavy atom. The highest BCUT2D eigenvalue weighted by Gasteiger charge is 2.51. The van der Waals surface area contributed by atoms with Crippen molar-refractivity contribution in [2.75, 3.05) is 11.9 Å². The molecule has 1 aliphatic heterocycles. The topological polar surface area (TPSA) is 161 Å². The van der Waals surface area contributed by atoms with Crippen LogP contribution in [0.2, 0.25) is 0 Å². The summed E-state index contributed by atoms with van der Waals surface area (Å²) in [5.41, 5.74) is 0.587. The van der Waals surface area contributed by atoms with E-state index in [-0.39, 0.29) is 24.1 Å². The summed E-state index contributed by atoms with van der Waals surface area (Å²) in [5, 5.41) is 2.48. The van der Waals surface area contributed by atoms with Crippen molar-refractivity contribution in [3.05, 3.63) is 10.9 Å². The predicted octanol–water partition coefficient (Wildman–Crippen LogP) is 0.871. The van der Waals surface area contributed by atoms with Crippen LogP contribution in [0.3, 0.4) is 0 Å². The highest BCUT2D eigenvalue weighted by atomic mass is 79.9. The van der Waals surface area contributed by atoms with E-state index in [9.17, 15) is 19.2 Å². The van der Waals surface area contributed by atoms with Gasteiger partial charge >= 0.3 is 17.9 Å². The summed E-state index contributed by atoms with van der Waals surface area (Å²) >= 11 is 3.28. The van der Waals surface area contributed by atoms with Gasteiger partial charge in [-0.25, -0.2) is 9.97 Å². The summed E-state index contributed by atoms with van der Waals surface area (Å²) in [6.07, 6.45) is -2.77. The molecular weight excluding hydrogens is 494 g/mol. The van der Waals surface area contributed by atoms with Crippen molar-refractivity contribution in [1.82, 2.24) is 19.5 Å². The number of hydrogen-bond acceptors (Lipinski definition) is 11. The van der Waals surface area contributed by atoms with Crippen molar-refractivity contribution in [1.29, 1.82) is 0 Å². The predicted molar refractivity (Wildman–Crippen MR) is 109 cm³/mol. The molecule has 4 atom stereocenters. The van der Waals surface area contributed by atoms with Crippen LogP contribution in [0.5, 0.6) is 0 Å².